The van der Waals surface area contributed by atoms with Gasteiger partial charge in [0.1, 0.15) is 12.6 Å². The van der Waals surface area contributed by atoms with Crippen LogP contribution >= 0.6 is 0 Å². The zero-order valence-corrected chi connectivity index (χ0v) is 10.0. The number of rotatable bonds is 7. The molecule has 94 valence electrons. The lowest BCUT2D eigenvalue weighted by Crippen LogP contribution is -2.40. The van der Waals surface area contributed by atoms with E-state index in [0.29, 0.717) is 6.42 Å². The molecule has 0 spiro atoms. The first-order chi connectivity index (χ1) is 8.69. The lowest BCUT2D eigenvalue weighted by molar-refractivity contribution is -0.155. The van der Waals surface area contributed by atoms with Crippen molar-refractivity contribution < 1.29 is 19.1 Å². The van der Waals surface area contributed by atoms with Gasteiger partial charge in [-0.15, -0.1) is 5.32 Å². The van der Waals surface area contributed by atoms with Gasteiger partial charge in [-0.25, -0.2) is 4.79 Å². The minimum atomic E-state index is -0.951. The maximum Gasteiger partial charge on any atom is 0.665 e. The summed E-state index contributed by atoms with van der Waals surface area (Å²) in [5.74, 6) is -1.72. The van der Waals surface area contributed by atoms with Crippen LogP contribution in [0.15, 0.2) is 30.3 Å². The Morgan fingerprint density at radius 1 is 1.33 bits per heavy atom. The molecule has 0 saturated heterocycles. The number of esters is 1. The maximum absolute atomic E-state index is 11.6. The number of hydrogen-bond donors (Lipinski definition) is 1. The Bertz CT molecular complexity index is 416. The van der Waals surface area contributed by atoms with Gasteiger partial charge in [0.15, 0.2) is 0 Å². The van der Waals surface area contributed by atoms with E-state index in [2.05, 4.69) is 5.32 Å². The molecule has 1 rings (SSSR count). The molecule has 0 fully saturated rings. The third kappa shape index (κ3) is 3.96. The number of hydrogen-bond acceptors (Lipinski definition) is 4. The topological polar surface area (TPSA) is 72.5 Å². The van der Waals surface area contributed by atoms with Crippen LogP contribution in [0.5, 0.6) is 0 Å². The molecule has 1 amide bonds. The van der Waals surface area contributed by atoms with E-state index in [1.165, 1.54) is 6.41 Å². The van der Waals surface area contributed by atoms with E-state index in [9.17, 15) is 14.4 Å². The first-order valence-electron chi connectivity index (χ1n) is 5.56. The second kappa shape index (κ2) is 7.14. The van der Waals surface area contributed by atoms with Gasteiger partial charge >= 0.3 is 12.4 Å². The number of ketones is 1. The molecule has 1 aromatic carbocycles. The van der Waals surface area contributed by atoms with E-state index in [4.69, 9.17) is 4.74 Å². The normalized spacial score (nSPS) is 11.2. The monoisotopic (exact) mass is 248 g/mol. The van der Waals surface area contributed by atoms with E-state index in [1.807, 2.05) is 18.2 Å². The van der Waals surface area contributed by atoms with Crippen molar-refractivity contribution in [2.45, 2.75) is 26.0 Å². The third-order valence-electron chi connectivity index (χ3n) is 2.37. The summed E-state index contributed by atoms with van der Waals surface area (Å²) in [6.45, 7) is 1.71. The summed E-state index contributed by atoms with van der Waals surface area (Å²) in [6.07, 6.45) is 1.71. The summed E-state index contributed by atoms with van der Waals surface area (Å²) in [5.41, 5.74) is 0.793. The van der Waals surface area contributed by atoms with Crippen LogP contribution in [0.3, 0.4) is 0 Å². The third-order valence-corrected chi connectivity index (χ3v) is 2.37. The van der Waals surface area contributed by atoms with E-state index >= 15 is 0 Å². The molecule has 1 N–H and O–H groups in total. The number of nitrogens with one attached hydrogen (secondary N) is 1. The summed E-state index contributed by atoms with van der Waals surface area (Å²) in [7, 11) is 0. The van der Waals surface area contributed by atoms with Crippen molar-refractivity contribution in [1.29, 1.82) is 0 Å². The average molecular weight is 248 g/mol. The molecule has 0 radical (unpaired) electrons. The Kier molecular flexibility index (Phi) is 5.48. The van der Waals surface area contributed by atoms with Gasteiger partial charge in [0.25, 0.3) is 5.78 Å². The predicted octanol–water partition coefficient (Wildman–Crippen LogP) is 0.734. The predicted molar refractivity (Wildman–Crippen MR) is 64.2 cm³/mol. The molecule has 18 heavy (non-hydrogen) atoms. The van der Waals surface area contributed by atoms with Crippen molar-refractivity contribution in [2.24, 2.45) is 0 Å². The molecular weight excluding hydrogens is 234 g/mol. The van der Waals surface area contributed by atoms with Gasteiger partial charge in [-0.3, -0.25) is 4.79 Å². The Morgan fingerprint density at radius 3 is 2.56 bits per heavy atom. The fourth-order valence-corrected chi connectivity index (χ4v) is 1.36. The van der Waals surface area contributed by atoms with E-state index < -0.39 is 17.8 Å². The van der Waals surface area contributed by atoms with Crippen molar-refractivity contribution in [3.63, 3.8) is 0 Å². The fourth-order valence-electron chi connectivity index (χ4n) is 1.36. The fraction of sp³-hybridized carbons (Fsp3) is 0.308. The Labute approximate surface area is 105 Å². The Morgan fingerprint density at radius 2 is 2.00 bits per heavy atom. The van der Waals surface area contributed by atoms with E-state index in [1.54, 1.807) is 19.1 Å². The Balaban J connectivity index is 2.49. The van der Waals surface area contributed by atoms with Crippen LogP contribution in [0.1, 0.15) is 18.9 Å². The molecule has 0 saturated carbocycles. The van der Waals surface area contributed by atoms with Gasteiger partial charge in [-0.1, -0.05) is 37.3 Å². The van der Waals surface area contributed by atoms with Crippen LogP contribution in [0.4, 0.5) is 0 Å². The molecular formula is C13H14NO4+. The summed E-state index contributed by atoms with van der Waals surface area (Å²) < 4.78 is 4.86. The summed E-state index contributed by atoms with van der Waals surface area (Å²) >= 11 is 0. The van der Waals surface area contributed by atoms with Gasteiger partial charge in [-0.2, -0.15) is 0 Å². The highest BCUT2D eigenvalue weighted by Gasteiger charge is 2.28. The van der Waals surface area contributed by atoms with Crippen molar-refractivity contribution in [2.75, 3.05) is 0 Å². The molecule has 0 aliphatic carbocycles. The number of carbonyl (C=O) groups excluding carboxylic acids is 3. The Hall–Kier alpha value is -2.26. The molecule has 0 aliphatic rings. The number of carbonyl (C=O) groups is 2. The van der Waals surface area contributed by atoms with Crippen molar-refractivity contribution in [1.82, 2.24) is 5.32 Å². The molecule has 0 unspecified atom stereocenters. The van der Waals surface area contributed by atoms with E-state index in [0.717, 1.165) is 5.56 Å². The van der Waals surface area contributed by atoms with Crippen LogP contribution in [0.2, 0.25) is 0 Å². The second-order valence-corrected chi connectivity index (χ2v) is 3.63. The van der Waals surface area contributed by atoms with Crippen LogP contribution < -0.4 is 5.32 Å². The number of ether oxygens (including phenoxy) is 1. The largest absolute Gasteiger partial charge is 0.665 e. The molecule has 5 nitrogen and oxygen atoms in total. The minimum absolute atomic E-state index is 0.0344. The van der Waals surface area contributed by atoms with Crippen molar-refractivity contribution in [3.05, 3.63) is 35.9 Å². The molecule has 0 heterocycles. The van der Waals surface area contributed by atoms with Gasteiger partial charge in [0.05, 0.1) is 4.79 Å². The molecule has 0 aliphatic heterocycles. The van der Waals surface area contributed by atoms with Gasteiger partial charge in [-0.05, 0) is 12.0 Å². The molecule has 0 bridgehead atoms. The summed E-state index contributed by atoms with van der Waals surface area (Å²) in [4.78, 5) is 33.2. The lowest BCUT2D eigenvalue weighted by Gasteiger charge is -2.07. The van der Waals surface area contributed by atoms with Gasteiger partial charge in [0, 0.05) is 0 Å². The maximum atomic E-state index is 11.6. The summed E-state index contributed by atoms with van der Waals surface area (Å²) in [5, 5.41) is 2.16. The smallest absolute Gasteiger partial charge is 0.455 e. The second-order valence-electron chi connectivity index (χ2n) is 3.63. The standard InChI is InChI=1S/C13H14NO4/c1-2-11(14-9-15)12(16)13(17)18-8-10-6-4-3-5-7-10/h3-7,11H,2,8H2,1H3,(H,14,15)/q+1/t11-/m0/s1. The van der Waals surface area contributed by atoms with Crippen LogP contribution in [0.25, 0.3) is 0 Å². The molecule has 5 heteroatoms. The van der Waals surface area contributed by atoms with Crippen LogP contribution in [-0.2, 0) is 25.7 Å². The van der Waals surface area contributed by atoms with Crippen molar-refractivity contribution >= 4 is 18.2 Å². The molecule has 1 aromatic rings. The molecule has 1 atom stereocenters. The van der Waals surface area contributed by atoms with Crippen LogP contribution in [-0.4, -0.2) is 24.2 Å². The average Bonchev–Trinajstić information content (AvgIpc) is 2.42. The number of amides is 1. The van der Waals surface area contributed by atoms with Crippen LogP contribution in [0, 0.1) is 0 Å². The van der Waals surface area contributed by atoms with Crippen molar-refractivity contribution in [3.8, 4) is 0 Å². The minimum Gasteiger partial charge on any atom is -0.455 e. The zero-order valence-electron chi connectivity index (χ0n) is 10.0. The number of benzene rings is 1. The molecule has 0 aromatic heterocycles. The first kappa shape index (κ1) is 13.8. The number of Topliss-reactive ketones (excluding diaryl/α,β-unsaturated/α-hetero) is 1. The lowest BCUT2D eigenvalue weighted by atomic mass is 10.1. The van der Waals surface area contributed by atoms with Gasteiger partial charge in [0.2, 0.25) is 0 Å². The van der Waals surface area contributed by atoms with E-state index in [-0.39, 0.29) is 6.61 Å². The highest BCUT2D eigenvalue weighted by atomic mass is 16.5. The van der Waals surface area contributed by atoms with Gasteiger partial charge < -0.3 is 4.74 Å². The SMILES string of the molecule is CC[C@H](N[C+]=O)C(=O)C(=O)OCc1ccccc1. The highest BCUT2D eigenvalue weighted by molar-refractivity contribution is 6.35. The quantitative estimate of drug-likeness (QED) is 0.334. The zero-order chi connectivity index (χ0) is 13.4. The highest BCUT2D eigenvalue weighted by Crippen LogP contribution is 2.02. The summed E-state index contributed by atoms with van der Waals surface area (Å²) in [6, 6.07) is 8.16. The first-order valence-corrected chi connectivity index (χ1v) is 5.56.